The molecule has 0 aromatic heterocycles. The van der Waals surface area contributed by atoms with Crippen LogP contribution in [-0.4, -0.2) is 63.0 Å². The Morgan fingerprint density at radius 2 is 1.96 bits per heavy atom. The minimum absolute atomic E-state index is 0.127. The largest absolute Gasteiger partial charge is 0.492 e. The molecule has 1 heterocycles. The highest BCUT2D eigenvalue weighted by Gasteiger charge is 2.32. The van der Waals surface area contributed by atoms with E-state index in [4.69, 9.17) is 14.2 Å². The summed E-state index contributed by atoms with van der Waals surface area (Å²) >= 11 is 0. The minimum atomic E-state index is -0.803. The summed E-state index contributed by atoms with van der Waals surface area (Å²) in [6, 6.07) is 7.45. The van der Waals surface area contributed by atoms with Gasteiger partial charge in [0, 0.05) is 32.4 Å². The molecule has 0 radical (unpaired) electrons. The van der Waals surface area contributed by atoms with Gasteiger partial charge in [-0.1, -0.05) is 13.3 Å². The average Bonchev–Trinajstić information content (AvgIpc) is 2.64. The smallest absolute Gasteiger partial charge is 0.256 e. The summed E-state index contributed by atoms with van der Waals surface area (Å²) in [5.74, 6) is 0.673. The monoisotopic (exact) mass is 350 g/mol. The maximum atomic E-state index is 12.4. The lowest BCUT2D eigenvalue weighted by Crippen LogP contribution is -2.41. The fraction of sp³-hybridized carbons (Fsp3) is 0.632. The predicted octanol–water partition coefficient (Wildman–Crippen LogP) is 2.54. The third kappa shape index (κ3) is 5.99. The number of nitrogens with one attached hydrogen (secondary N) is 1. The van der Waals surface area contributed by atoms with E-state index in [9.17, 15) is 4.79 Å². The summed E-state index contributed by atoms with van der Waals surface area (Å²) in [6.45, 7) is 8.91. The van der Waals surface area contributed by atoms with Crippen molar-refractivity contribution >= 4 is 11.6 Å². The van der Waals surface area contributed by atoms with Crippen LogP contribution in [0.4, 0.5) is 5.69 Å². The highest BCUT2D eigenvalue weighted by molar-refractivity contribution is 5.97. The molecule has 0 spiro atoms. The summed E-state index contributed by atoms with van der Waals surface area (Å²) in [4.78, 5) is 14.7. The molecule has 25 heavy (non-hydrogen) atoms. The fourth-order valence-electron chi connectivity index (χ4n) is 2.80. The van der Waals surface area contributed by atoms with Gasteiger partial charge < -0.3 is 19.5 Å². The van der Waals surface area contributed by atoms with E-state index in [0.717, 1.165) is 50.7 Å². The number of carbonyl (C=O) groups excluding carboxylic acids is 1. The number of hydrogen-bond acceptors (Lipinski definition) is 5. The molecule has 1 aromatic rings. The molecule has 2 rings (SSSR count). The van der Waals surface area contributed by atoms with Gasteiger partial charge >= 0.3 is 0 Å². The summed E-state index contributed by atoms with van der Waals surface area (Å²) in [6.07, 6.45) is 1.56. The quantitative estimate of drug-likeness (QED) is 0.742. The van der Waals surface area contributed by atoms with Crippen LogP contribution in [0.3, 0.4) is 0 Å². The van der Waals surface area contributed by atoms with Crippen LogP contribution in [0.1, 0.15) is 26.7 Å². The summed E-state index contributed by atoms with van der Waals surface area (Å²) < 4.78 is 16.5. The Labute approximate surface area is 150 Å². The second-order valence-corrected chi connectivity index (χ2v) is 6.47. The second-order valence-electron chi connectivity index (χ2n) is 6.47. The van der Waals surface area contributed by atoms with Crippen molar-refractivity contribution in [2.45, 2.75) is 32.3 Å². The van der Waals surface area contributed by atoms with E-state index < -0.39 is 5.60 Å². The van der Waals surface area contributed by atoms with Crippen molar-refractivity contribution < 1.29 is 19.0 Å². The standard InChI is InChI=1S/C19H30N2O4/c1-4-9-19(2,23-3)18(22)20-16-5-7-17(8-6-16)25-15-12-21-10-13-24-14-11-21/h5-8H,4,9-15H2,1-3H3,(H,20,22)/t19-/m1/s1. The van der Waals surface area contributed by atoms with Gasteiger partial charge in [0.2, 0.25) is 0 Å². The van der Waals surface area contributed by atoms with Crippen molar-refractivity contribution in [3.63, 3.8) is 0 Å². The summed E-state index contributed by atoms with van der Waals surface area (Å²) in [7, 11) is 1.57. The lowest BCUT2D eigenvalue weighted by atomic mass is 9.99. The number of carbonyl (C=O) groups is 1. The number of methoxy groups -OCH3 is 1. The van der Waals surface area contributed by atoms with E-state index in [1.165, 1.54) is 0 Å². The zero-order valence-corrected chi connectivity index (χ0v) is 15.5. The van der Waals surface area contributed by atoms with Gasteiger partial charge in [-0.25, -0.2) is 0 Å². The van der Waals surface area contributed by atoms with Crippen molar-refractivity contribution in [3.8, 4) is 5.75 Å². The lowest BCUT2D eigenvalue weighted by Gasteiger charge is -2.26. The van der Waals surface area contributed by atoms with E-state index in [1.54, 1.807) is 7.11 Å². The second kappa shape index (κ2) is 9.75. The molecule has 1 atom stereocenters. The topological polar surface area (TPSA) is 60.0 Å². The lowest BCUT2D eigenvalue weighted by molar-refractivity contribution is -0.136. The Morgan fingerprint density at radius 1 is 1.28 bits per heavy atom. The van der Waals surface area contributed by atoms with Gasteiger partial charge in [0.05, 0.1) is 13.2 Å². The first kappa shape index (κ1) is 19.7. The Bertz CT molecular complexity index is 529. The molecule has 1 aromatic carbocycles. The molecule has 0 aliphatic carbocycles. The number of hydrogen-bond donors (Lipinski definition) is 1. The fourth-order valence-corrected chi connectivity index (χ4v) is 2.80. The van der Waals surface area contributed by atoms with Crippen LogP contribution in [0, 0.1) is 0 Å². The van der Waals surface area contributed by atoms with Gasteiger partial charge in [-0.3, -0.25) is 9.69 Å². The van der Waals surface area contributed by atoms with E-state index in [-0.39, 0.29) is 5.91 Å². The van der Waals surface area contributed by atoms with Crippen LogP contribution in [0.15, 0.2) is 24.3 Å². The van der Waals surface area contributed by atoms with Crippen molar-refractivity contribution in [2.24, 2.45) is 0 Å². The number of morpholine rings is 1. The molecule has 1 N–H and O–H groups in total. The highest BCUT2D eigenvalue weighted by atomic mass is 16.5. The van der Waals surface area contributed by atoms with Gasteiger partial charge in [-0.2, -0.15) is 0 Å². The number of rotatable bonds is 9. The minimum Gasteiger partial charge on any atom is -0.492 e. The van der Waals surface area contributed by atoms with Gasteiger partial charge in [0.1, 0.15) is 18.0 Å². The Hall–Kier alpha value is -1.63. The maximum absolute atomic E-state index is 12.4. The molecule has 140 valence electrons. The Balaban J connectivity index is 1.79. The first-order valence-electron chi connectivity index (χ1n) is 8.97. The molecular formula is C19H30N2O4. The molecule has 6 nitrogen and oxygen atoms in total. The maximum Gasteiger partial charge on any atom is 0.256 e. The van der Waals surface area contributed by atoms with Crippen LogP contribution in [0.2, 0.25) is 0 Å². The van der Waals surface area contributed by atoms with Crippen molar-refractivity contribution in [1.29, 1.82) is 0 Å². The van der Waals surface area contributed by atoms with Crippen LogP contribution in [-0.2, 0) is 14.3 Å². The van der Waals surface area contributed by atoms with Gasteiger partial charge in [-0.15, -0.1) is 0 Å². The van der Waals surface area contributed by atoms with Gasteiger partial charge in [-0.05, 0) is 37.6 Å². The number of anilines is 1. The van der Waals surface area contributed by atoms with Gasteiger partial charge in [0.25, 0.3) is 5.91 Å². The first-order chi connectivity index (χ1) is 12.1. The summed E-state index contributed by atoms with van der Waals surface area (Å²) in [5.41, 5.74) is -0.0628. The molecule has 1 fully saturated rings. The molecule has 1 aliphatic heterocycles. The number of nitrogens with zero attached hydrogens (tertiary/aromatic N) is 1. The number of amides is 1. The first-order valence-corrected chi connectivity index (χ1v) is 8.97. The molecule has 6 heteroatoms. The van der Waals surface area contributed by atoms with E-state index in [2.05, 4.69) is 10.2 Å². The van der Waals surface area contributed by atoms with Crippen molar-refractivity contribution in [2.75, 3.05) is 51.9 Å². The highest BCUT2D eigenvalue weighted by Crippen LogP contribution is 2.21. The van der Waals surface area contributed by atoms with E-state index >= 15 is 0 Å². The molecule has 0 saturated carbocycles. The van der Waals surface area contributed by atoms with E-state index in [0.29, 0.717) is 13.0 Å². The SMILES string of the molecule is CCC[C@@](C)(OC)C(=O)Nc1ccc(OCCN2CCOCC2)cc1. The third-order valence-corrected chi connectivity index (χ3v) is 4.55. The zero-order chi connectivity index (χ0) is 18.1. The van der Waals surface area contributed by atoms with Crippen LogP contribution in [0.5, 0.6) is 5.75 Å². The zero-order valence-electron chi connectivity index (χ0n) is 15.5. The van der Waals surface area contributed by atoms with Crippen molar-refractivity contribution in [3.05, 3.63) is 24.3 Å². The molecule has 0 unspecified atom stereocenters. The van der Waals surface area contributed by atoms with Crippen LogP contribution in [0.25, 0.3) is 0 Å². The molecule has 1 amide bonds. The number of ether oxygens (including phenoxy) is 3. The normalized spacial score (nSPS) is 17.7. The molecule has 1 aliphatic rings. The van der Waals surface area contributed by atoms with Crippen LogP contribution >= 0.6 is 0 Å². The van der Waals surface area contributed by atoms with Gasteiger partial charge in [0.15, 0.2) is 0 Å². The molecule has 0 bridgehead atoms. The Kier molecular flexibility index (Phi) is 7.68. The predicted molar refractivity (Wildman–Crippen MR) is 98.1 cm³/mol. The van der Waals surface area contributed by atoms with E-state index in [1.807, 2.05) is 38.1 Å². The third-order valence-electron chi connectivity index (χ3n) is 4.55. The molecule has 1 saturated heterocycles. The average molecular weight is 350 g/mol. The van der Waals surface area contributed by atoms with Crippen molar-refractivity contribution in [1.82, 2.24) is 4.90 Å². The molecular weight excluding hydrogens is 320 g/mol. The number of benzene rings is 1. The summed E-state index contributed by atoms with van der Waals surface area (Å²) in [5, 5.41) is 2.91. The Morgan fingerprint density at radius 3 is 2.56 bits per heavy atom. The van der Waals surface area contributed by atoms with Crippen LogP contribution < -0.4 is 10.1 Å².